The predicted molar refractivity (Wildman–Crippen MR) is 75.5 cm³/mol. The SMILES string of the molecule is Clc1ccc2nc(CNCC3CCCCO3)cn2c1. The molecule has 2 aromatic heterocycles. The Morgan fingerprint density at radius 3 is 3.16 bits per heavy atom. The summed E-state index contributed by atoms with van der Waals surface area (Å²) in [5, 5.41) is 4.14. The van der Waals surface area contributed by atoms with Gasteiger partial charge in [-0.15, -0.1) is 0 Å². The first-order valence-corrected chi connectivity index (χ1v) is 7.14. The van der Waals surface area contributed by atoms with Crippen molar-refractivity contribution >= 4 is 17.2 Å². The number of rotatable bonds is 4. The third kappa shape index (κ3) is 3.26. The molecule has 2 aromatic rings. The molecule has 5 heteroatoms. The van der Waals surface area contributed by atoms with Crippen molar-refractivity contribution in [2.75, 3.05) is 13.2 Å². The van der Waals surface area contributed by atoms with Crippen LogP contribution in [0.15, 0.2) is 24.5 Å². The summed E-state index contributed by atoms with van der Waals surface area (Å²) in [6.07, 6.45) is 7.88. The molecule has 3 heterocycles. The van der Waals surface area contributed by atoms with Crippen LogP contribution in [-0.4, -0.2) is 28.6 Å². The predicted octanol–water partition coefficient (Wildman–Crippen LogP) is 2.65. The van der Waals surface area contributed by atoms with E-state index in [9.17, 15) is 0 Å². The molecule has 19 heavy (non-hydrogen) atoms. The second kappa shape index (κ2) is 5.90. The summed E-state index contributed by atoms with van der Waals surface area (Å²) in [4.78, 5) is 4.54. The van der Waals surface area contributed by atoms with Crippen molar-refractivity contribution in [1.29, 1.82) is 0 Å². The lowest BCUT2D eigenvalue weighted by atomic mass is 10.1. The first kappa shape index (κ1) is 12.9. The number of halogens is 1. The quantitative estimate of drug-likeness (QED) is 0.935. The van der Waals surface area contributed by atoms with E-state index in [0.29, 0.717) is 6.10 Å². The Kier molecular flexibility index (Phi) is 4.01. The third-order valence-corrected chi connectivity index (χ3v) is 3.64. The van der Waals surface area contributed by atoms with E-state index >= 15 is 0 Å². The molecule has 1 fully saturated rings. The smallest absolute Gasteiger partial charge is 0.137 e. The van der Waals surface area contributed by atoms with E-state index in [0.717, 1.165) is 42.5 Å². The van der Waals surface area contributed by atoms with Gasteiger partial charge in [0.15, 0.2) is 0 Å². The summed E-state index contributed by atoms with van der Waals surface area (Å²) in [7, 11) is 0. The second-order valence-corrected chi connectivity index (χ2v) is 5.40. The topological polar surface area (TPSA) is 38.6 Å². The van der Waals surface area contributed by atoms with Gasteiger partial charge in [-0.1, -0.05) is 11.6 Å². The van der Waals surface area contributed by atoms with Crippen molar-refractivity contribution in [3.8, 4) is 0 Å². The summed E-state index contributed by atoms with van der Waals surface area (Å²) in [6, 6.07) is 3.78. The van der Waals surface area contributed by atoms with E-state index in [4.69, 9.17) is 16.3 Å². The Morgan fingerprint density at radius 1 is 1.37 bits per heavy atom. The zero-order valence-corrected chi connectivity index (χ0v) is 11.6. The normalized spacial score (nSPS) is 19.9. The van der Waals surface area contributed by atoms with Crippen molar-refractivity contribution in [3.63, 3.8) is 0 Å². The summed E-state index contributed by atoms with van der Waals surface area (Å²) >= 11 is 5.95. The monoisotopic (exact) mass is 279 g/mol. The summed E-state index contributed by atoms with van der Waals surface area (Å²) in [5.74, 6) is 0. The Morgan fingerprint density at radius 2 is 2.32 bits per heavy atom. The molecule has 0 spiro atoms. The van der Waals surface area contributed by atoms with Crippen molar-refractivity contribution in [2.45, 2.75) is 31.9 Å². The van der Waals surface area contributed by atoms with Crippen LogP contribution >= 0.6 is 11.6 Å². The van der Waals surface area contributed by atoms with E-state index < -0.39 is 0 Å². The summed E-state index contributed by atoms with van der Waals surface area (Å²) in [5.41, 5.74) is 1.95. The minimum Gasteiger partial charge on any atom is -0.377 e. The van der Waals surface area contributed by atoms with E-state index in [1.54, 1.807) is 0 Å². The molecule has 1 atom stereocenters. The average molecular weight is 280 g/mol. The minimum absolute atomic E-state index is 0.361. The second-order valence-electron chi connectivity index (χ2n) is 4.96. The van der Waals surface area contributed by atoms with E-state index in [2.05, 4.69) is 10.3 Å². The van der Waals surface area contributed by atoms with Crippen LogP contribution in [0.3, 0.4) is 0 Å². The maximum atomic E-state index is 5.95. The number of ether oxygens (including phenoxy) is 1. The van der Waals surface area contributed by atoms with Crippen molar-refractivity contribution in [3.05, 3.63) is 35.2 Å². The van der Waals surface area contributed by atoms with Gasteiger partial charge in [0.2, 0.25) is 0 Å². The van der Waals surface area contributed by atoms with Crippen LogP contribution in [0.5, 0.6) is 0 Å². The van der Waals surface area contributed by atoms with E-state index in [1.807, 2.05) is 28.9 Å². The highest BCUT2D eigenvalue weighted by molar-refractivity contribution is 6.30. The molecule has 1 saturated heterocycles. The number of hydrogen-bond donors (Lipinski definition) is 1. The molecule has 0 aromatic carbocycles. The van der Waals surface area contributed by atoms with Crippen LogP contribution < -0.4 is 5.32 Å². The highest BCUT2D eigenvalue weighted by Crippen LogP contribution is 2.13. The fourth-order valence-corrected chi connectivity index (χ4v) is 2.60. The van der Waals surface area contributed by atoms with Crippen molar-refractivity contribution in [1.82, 2.24) is 14.7 Å². The molecule has 4 nitrogen and oxygen atoms in total. The largest absolute Gasteiger partial charge is 0.377 e. The maximum absolute atomic E-state index is 5.95. The Labute approximate surface area is 117 Å². The van der Waals surface area contributed by atoms with E-state index in [1.165, 1.54) is 12.8 Å². The standard InChI is InChI=1S/C14H18ClN3O/c15-11-4-5-14-17-12(10-18(14)9-11)7-16-8-13-3-1-2-6-19-13/h4-5,9-10,13,16H,1-3,6-8H2. The fraction of sp³-hybridized carbons (Fsp3) is 0.500. The lowest BCUT2D eigenvalue weighted by Gasteiger charge is -2.22. The van der Waals surface area contributed by atoms with E-state index in [-0.39, 0.29) is 0 Å². The zero-order chi connectivity index (χ0) is 13.1. The molecule has 0 aliphatic carbocycles. The van der Waals surface area contributed by atoms with Gasteiger partial charge in [-0.2, -0.15) is 0 Å². The molecule has 102 valence electrons. The Balaban J connectivity index is 1.56. The first-order chi connectivity index (χ1) is 9.31. The molecular formula is C14H18ClN3O. The molecular weight excluding hydrogens is 262 g/mol. The number of pyridine rings is 1. The molecule has 1 unspecified atom stereocenters. The van der Waals surface area contributed by atoms with Crippen LogP contribution in [0.4, 0.5) is 0 Å². The van der Waals surface area contributed by atoms with Gasteiger partial charge in [0, 0.05) is 32.1 Å². The molecule has 0 amide bonds. The zero-order valence-electron chi connectivity index (χ0n) is 10.8. The molecule has 0 saturated carbocycles. The lowest BCUT2D eigenvalue weighted by molar-refractivity contribution is 0.0167. The fourth-order valence-electron chi connectivity index (χ4n) is 2.43. The van der Waals surface area contributed by atoms with Gasteiger partial charge in [0.1, 0.15) is 5.65 Å². The maximum Gasteiger partial charge on any atom is 0.137 e. The van der Waals surface area contributed by atoms with Crippen LogP contribution in [0.25, 0.3) is 5.65 Å². The number of nitrogens with zero attached hydrogens (tertiary/aromatic N) is 2. The van der Waals surface area contributed by atoms with Crippen molar-refractivity contribution in [2.24, 2.45) is 0 Å². The first-order valence-electron chi connectivity index (χ1n) is 6.77. The molecule has 3 rings (SSSR count). The van der Waals surface area contributed by atoms with Gasteiger partial charge in [0.25, 0.3) is 0 Å². The number of hydrogen-bond acceptors (Lipinski definition) is 3. The average Bonchev–Trinajstić information content (AvgIpc) is 2.82. The van der Waals surface area contributed by atoms with Gasteiger partial charge in [-0.25, -0.2) is 4.98 Å². The summed E-state index contributed by atoms with van der Waals surface area (Å²) < 4.78 is 7.64. The number of imidazole rings is 1. The van der Waals surface area contributed by atoms with Crippen LogP contribution in [0.1, 0.15) is 25.0 Å². The number of aromatic nitrogens is 2. The Bertz CT molecular complexity index is 549. The third-order valence-electron chi connectivity index (χ3n) is 3.42. The highest BCUT2D eigenvalue weighted by Gasteiger charge is 2.13. The lowest BCUT2D eigenvalue weighted by Crippen LogP contribution is -2.31. The molecule has 0 radical (unpaired) electrons. The minimum atomic E-state index is 0.361. The van der Waals surface area contributed by atoms with Gasteiger partial charge < -0.3 is 14.5 Å². The Hall–Kier alpha value is -1.10. The molecule has 0 bridgehead atoms. The molecule has 1 N–H and O–H groups in total. The number of fused-ring (bicyclic) bond motifs is 1. The summed E-state index contributed by atoms with van der Waals surface area (Å²) in [6.45, 7) is 2.56. The number of nitrogens with one attached hydrogen (secondary N) is 1. The van der Waals surface area contributed by atoms with Crippen molar-refractivity contribution < 1.29 is 4.74 Å². The van der Waals surface area contributed by atoms with Gasteiger partial charge in [-0.05, 0) is 31.4 Å². The molecule has 1 aliphatic heterocycles. The van der Waals surface area contributed by atoms with Gasteiger partial charge in [0.05, 0.1) is 16.8 Å². The van der Waals surface area contributed by atoms with Gasteiger partial charge >= 0.3 is 0 Å². The van der Waals surface area contributed by atoms with Crippen LogP contribution in [-0.2, 0) is 11.3 Å². The highest BCUT2D eigenvalue weighted by atomic mass is 35.5. The van der Waals surface area contributed by atoms with Gasteiger partial charge in [-0.3, -0.25) is 0 Å². The van der Waals surface area contributed by atoms with Crippen LogP contribution in [0.2, 0.25) is 5.02 Å². The van der Waals surface area contributed by atoms with Crippen LogP contribution in [0, 0.1) is 0 Å². The molecule has 1 aliphatic rings.